The highest BCUT2D eigenvalue weighted by molar-refractivity contribution is 6.06. The van der Waals surface area contributed by atoms with E-state index in [9.17, 15) is 4.79 Å². The summed E-state index contributed by atoms with van der Waals surface area (Å²) in [5.41, 5.74) is 6.52. The second-order valence-electron chi connectivity index (χ2n) is 5.96. The summed E-state index contributed by atoms with van der Waals surface area (Å²) in [5, 5.41) is 1.90. The lowest BCUT2D eigenvalue weighted by molar-refractivity contribution is -0.116. The van der Waals surface area contributed by atoms with Crippen LogP contribution in [-0.2, 0) is 4.79 Å². The van der Waals surface area contributed by atoms with Crippen LogP contribution in [0.5, 0.6) is 5.75 Å². The maximum absolute atomic E-state index is 12.6. The molecule has 0 aliphatic carbocycles. The van der Waals surface area contributed by atoms with Crippen LogP contribution in [0.1, 0.15) is 19.4 Å². The molecule has 1 unspecified atom stereocenters. The monoisotopic (exact) mass is 334 g/mol. The van der Waals surface area contributed by atoms with E-state index in [4.69, 9.17) is 4.74 Å². The summed E-state index contributed by atoms with van der Waals surface area (Å²) in [6, 6.07) is 17.5. The van der Waals surface area contributed by atoms with Crippen LogP contribution in [0.15, 0.2) is 72.8 Å². The van der Waals surface area contributed by atoms with Crippen molar-refractivity contribution in [1.82, 2.24) is 5.43 Å². The van der Waals surface area contributed by atoms with E-state index in [0.717, 1.165) is 28.1 Å². The van der Waals surface area contributed by atoms with E-state index in [1.165, 1.54) is 0 Å². The summed E-state index contributed by atoms with van der Waals surface area (Å²) >= 11 is 0. The molecular formula is C21H22N2O2. The maximum atomic E-state index is 12.6. The van der Waals surface area contributed by atoms with Crippen LogP contribution in [0.4, 0.5) is 5.69 Å². The van der Waals surface area contributed by atoms with Crippen molar-refractivity contribution in [3.63, 3.8) is 0 Å². The zero-order valence-corrected chi connectivity index (χ0v) is 14.5. The number of allylic oxidation sites excluding steroid dienone is 1. The largest absolute Gasteiger partial charge is 0.489 e. The molecule has 128 valence electrons. The number of nitrogens with zero attached hydrogens (tertiary/aromatic N) is 1. The minimum atomic E-state index is -0.0811. The van der Waals surface area contributed by atoms with Crippen molar-refractivity contribution in [2.45, 2.75) is 19.9 Å². The number of anilines is 1. The van der Waals surface area contributed by atoms with E-state index in [1.54, 1.807) is 6.08 Å². The molecule has 3 rings (SSSR count). The van der Waals surface area contributed by atoms with E-state index < -0.39 is 0 Å². The van der Waals surface area contributed by atoms with Gasteiger partial charge in [0, 0.05) is 11.1 Å². The number of nitrogens with one attached hydrogen (secondary N) is 1. The normalized spacial score (nSPS) is 18.7. The van der Waals surface area contributed by atoms with Crippen LogP contribution in [0.2, 0.25) is 0 Å². The molecule has 1 fully saturated rings. The fourth-order valence-corrected chi connectivity index (χ4v) is 3.14. The van der Waals surface area contributed by atoms with Gasteiger partial charge in [0.25, 0.3) is 5.91 Å². The first-order valence-corrected chi connectivity index (χ1v) is 8.32. The first-order chi connectivity index (χ1) is 12.1. The quantitative estimate of drug-likeness (QED) is 0.664. The molecule has 0 radical (unpaired) electrons. The van der Waals surface area contributed by atoms with Gasteiger partial charge in [0.05, 0.1) is 11.7 Å². The average molecular weight is 334 g/mol. The van der Waals surface area contributed by atoms with Gasteiger partial charge in [0.15, 0.2) is 0 Å². The molecule has 4 nitrogen and oxygen atoms in total. The second kappa shape index (κ2) is 7.26. The van der Waals surface area contributed by atoms with E-state index in [2.05, 4.69) is 12.0 Å². The molecule has 4 heteroatoms. The van der Waals surface area contributed by atoms with Crippen LogP contribution < -0.4 is 15.2 Å². The Morgan fingerprint density at radius 3 is 2.60 bits per heavy atom. The van der Waals surface area contributed by atoms with Crippen molar-refractivity contribution in [3.05, 3.63) is 78.4 Å². The number of hydrogen-bond donors (Lipinski definition) is 1. The van der Waals surface area contributed by atoms with Crippen molar-refractivity contribution in [2.75, 3.05) is 11.6 Å². The van der Waals surface area contributed by atoms with E-state index in [1.807, 2.05) is 73.5 Å². The number of rotatable bonds is 5. The molecule has 0 aromatic heterocycles. The summed E-state index contributed by atoms with van der Waals surface area (Å²) in [4.78, 5) is 12.6. The molecule has 1 atom stereocenters. The first-order valence-electron chi connectivity index (χ1n) is 8.32. The molecule has 1 saturated heterocycles. The van der Waals surface area contributed by atoms with Crippen LogP contribution in [0.3, 0.4) is 0 Å². The van der Waals surface area contributed by atoms with Crippen LogP contribution in [0.25, 0.3) is 5.57 Å². The van der Waals surface area contributed by atoms with Gasteiger partial charge in [-0.3, -0.25) is 15.2 Å². The van der Waals surface area contributed by atoms with Crippen LogP contribution in [-0.4, -0.2) is 18.6 Å². The number of benzene rings is 2. The van der Waals surface area contributed by atoms with E-state index in [0.29, 0.717) is 6.61 Å². The Bertz CT molecular complexity index is 812. The molecular weight excluding hydrogens is 312 g/mol. The number of amides is 1. The Kier molecular flexibility index (Phi) is 4.89. The van der Waals surface area contributed by atoms with Crippen LogP contribution in [0, 0.1) is 0 Å². The number of ether oxygens (including phenoxy) is 1. The van der Waals surface area contributed by atoms with Gasteiger partial charge in [-0.25, -0.2) is 0 Å². The minimum Gasteiger partial charge on any atom is -0.489 e. The predicted octanol–water partition coefficient (Wildman–Crippen LogP) is 3.96. The number of carbonyl (C=O) groups excluding carboxylic acids is 1. The van der Waals surface area contributed by atoms with E-state index >= 15 is 0 Å². The number of hydrogen-bond acceptors (Lipinski definition) is 3. The highest BCUT2D eigenvalue weighted by atomic mass is 16.5. The Morgan fingerprint density at radius 1 is 1.20 bits per heavy atom. The number of carbonyl (C=O) groups is 1. The highest BCUT2D eigenvalue weighted by Gasteiger charge is 2.34. The average Bonchev–Trinajstić information content (AvgIpc) is 2.94. The third-order valence-electron chi connectivity index (χ3n) is 4.36. The fourth-order valence-electron chi connectivity index (χ4n) is 3.14. The molecule has 1 aliphatic heterocycles. The van der Waals surface area contributed by atoms with Gasteiger partial charge in [0.2, 0.25) is 0 Å². The van der Waals surface area contributed by atoms with Crippen LogP contribution >= 0.6 is 0 Å². The minimum absolute atomic E-state index is 0.0765. The lowest BCUT2D eigenvalue weighted by Gasteiger charge is -2.23. The topological polar surface area (TPSA) is 41.6 Å². The van der Waals surface area contributed by atoms with Crippen molar-refractivity contribution in [1.29, 1.82) is 0 Å². The van der Waals surface area contributed by atoms with Gasteiger partial charge in [-0.05, 0) is 37.6 Å². The zero-order valence-electron chi connectivity index (χ0n) is 14.5. The van der Waals surface area contributed by atoms with Crippen molar-refractivity contribution < 1.29 is 9.53 Å². The van der Waals surface area contributed by atoms with E-state index in [-0.39, 0.29) is 11.9 Å². The molecule has 1 heterocycles. The molecule has 0 bridgehead atoms. The number of para-hydroxylation sites is 2. The molecule has 0 spiro atoms. The lowest BCUT2D eigenvalue weighted by atomic mass is 9.96. The summed E-state index contributed by atoms with van der Waals surface area (Å²) in [6.45, 7) is 8.11. The third kappa shape index (κ3) is 3.29. The van der Waals surface area contributed by atoms with Gasteiger partial charge in [-0.1, -0.05) is 49.1 Å². The van der Waals surface area contributed by atoms with Gasteiger partial charge < -0.3 is 4.74 Å². The summed E-state index contributed by atoms with van der Waals surface area (Å²) in [5.74, 6) is 0.679. The van der Waals surface area contributed by atoms with Gasteiger partial charge >= 0.3 is 0 Å². The molecule has 2 aromatic rings. The van der Waals surface area contributed by atoms with Gasteiger partial charge in [0.1, 0.15) is 12.4 Å². The smallest absolute Gasteiger partial charge is 0.268 e. The summed E-state index contributed by atoms with van der Waals surface area (Å²) in [6.07, 6.45) is 1.71. The highest BCUT2D eigenvalue weighted by Crippen LogP contribution is 2.33. The molecule has 1 amide bonds. The molecule has 1 aliphatic rings. The van der Waals surface area contributed by atoms with Crippen molar-refractivity contribution in [3.8, 4) is 5.75 Å². The Balaban J connectivity index is 1.99. The SMILES string of the molecule is C=CCOc1ccccc1/C(C)=C1/C(=O)NN(c2ccccc2)C1C. The third-order valence-corrected chi connectivity index (χ3v) is 4.36. The Hall–Kier alpha value is -3.01. The maximum Gasteiger partial charge on any atom is 0.268 e. The van der Waals surface area contributed by atoms with Gasteiger partial charge in [-0.15, -0.1) is 0 Å². The zero-order chi connectivity index (χ0) is 17.8. The Labute approximate surface area is 148 Å². The Morgan fingerprint density at radius 2 is 1.88 bits per heavy atom. The van der Waals surface area contributed by atoms with Crippen molar-refractivity contribution in [2.24, 2.45) is 0 Å². The molecule has 25 heavy (non-hydrogen) atoms. The van der Waals surface area contributed by atoms with Crippen molar-refractivity contribution >= 4 is 17.2 Å². The standard InChI is InChI=1S/C21H22N2O2/c1-4-14-25-19-13-9-8-12-18(19)15(2)20-16(3)23(22-21(20)24)17-10-6-5-7-11-17/h4-13,16H,1,14H2,2-3H3,(H,22,24)/b20-15+. The fraction of sp³-hybridized carbons (Fsp3) is 0.190. The molecule has 1 N–H and O–H groups in total. The summed E-state index contributed by atoms with van der Waals surface area (Å²) in [7, 11) is 0. The lowest BCUT2D eigenvalue weighted by Crippen LogP contribution is -2.37. The second-order valence-corrected chi connectivity index (χ2v) is 5.96. The molecule has 2 aromatic carbocycles. The number of hydrazine groups is 1. The molecule has 0 saturated carbocycles. The van der Waals surface area contributed by atoms with Gasteiger partial charge in [-0.2, -0.15) is 0 Å². The first kappa shape index (κ1) is 16.8. The summed E-state index contributed by atoms with van der Waals surface area (Å²) < 4.78 is 5.75. The predicted molar refractivity (Wildman–Crippen MR) is 101 cm³/mol.